The molecule has 1 aromatic heterocycles. The van der Waals surface area contributed by atoms with Gasteiger partial charge < -0.3 is 10.0 Å². The van der Waals surface area contributed by atoms with Gasteiger partial charge in [-0.2, -0.15) is 0 Å². The molecular weight excluding hydrogens is 324 g/mol. The lowest BCUT2D eigenvalue weighted by Gasteiger charge is -2.30. The van der Waals surface area contributed by atoms with Crippen molar-refractivity contribution in [3.05, 3.63) is 40.9 Å². The zero-order valence-electron chi connectivity index (χ0n) is 13.6. The van der Waals surface area contributed by atoms with Crippen LogP contribution in [0.15, 0.2) is 29.6 Å². The summed E-state index contributed by atoms with van der Waals surface area (Å²) in [7, 11) is 0. The van der Waals surface area contributed by atoms with Gasteiger partial charge >= 0.3 is 5.97 Å². The van der Waals surface area contributed by atoms with Gasteiger partial charge in [-0.25, -0.2) is 4.98 Å². The lowest BCUT2D eigenvalue weighted by atomic mass is 9.93. The second-order valence-corrected chi connectivity index (χ2v) is 7.04. The summed E-state index contributed by atoms with van der Waals surface area (Å²) in [5.41, 5.74) is 2.68. The van der Waals surface area contributed by atoms with Crippen LogP contribution in [0.5, 0.6) is 0 Å². The predicted octanol–water partition coefficient (Wildman–Crippen LogP) is 3.45. The van der Waals surface area contributed by atoms with Crippen LogP contribution in [0.4, 0.5) is 0 Å². The van der Waals surface area contributed by atoms with Crippen LogP contribution in [-0.4, -0.2) is 40.0 Å². The zero-order chi connectivity index (χ0) is 17.1. The topological polar surface area (TPSA) is 70.5 Å². The highest BCUT2D eigenvalue weighted by Gasteiger charge is 2.26. The van der Waals surface area contributed by atoms with Gasteiger partial charge in [0.15, 0.2) is 0 Å². The first-order valence-electron chi connectivity index (χ1n) is 8.07. The lowest BCUT2D eigenvalue weighted by molar-refractivity contribution is -0.138. The summed E-state index contributed by atoms with van der Waals surface area (Å²) in [6.45, 7) is 3.24. The number of carbonyl (C=O) groups excluding carboxylic acids is 1. The molecule has 0 unspecified atom stereocenters. The molecule has 5 nitrogen and oxygen atoms in total. The molecule has 0 spiro atoms. The highest BCUT2D eigenvalue weighted by molar-refractivity contribution is 7.13. The quantitative estimate of drug-likeness (QED) is 0.922. The third-order valence-electron chi connectivity index (χ3n) is 4.46. The Morgan fingerprint density at radius 1 is 1.29 bits per heavy atom. The number of likely N-dealkylation sites (tertiary alicyclic amines) is 1. The molecule has 6 heteroatoms. The Hall–Kier alpha value is -2.21. The van der Waals surface area contributed by atoms with Crippen molar-refractivity contribution in [1.82, 2.24) is 9.88 Å². The first-order valence-corrected chi connectivity index (χ1v) is 8.95. The highest BCUT2D eigenvalue weighted by atomic mass is 32.1. The van der Waals surface area contributed by atoms with E-state index in [1.165, 1.54) is 11.3 Å². The number of hydrogen-bond donors (Lipinski definition) is 1. The van der Waals surface area contributed by atoms with Crippen molar-refractivity contribution in [2.45, 2.75) is 26.2 Å². The van der Waals surface area contributed by atoms with E-state index in [4.69, 9.17) is 5.11 Å². The third-order valence-corrected chi connectivity index (χ3v) is 5.34. The molecule has 1 amide bonds. The maximum atomic E-state index is 12.6. The summed E-state index contributed by atoms with van der Waals surface area (Å²) in [5, 5.41) is 11.5. The molecule has 0 bridgehead atoms. The van der Waals surface area contributed by atoms with E-state index in [1.54, 1.807) is 4.90 Å². The Kier molecular flexibility index (Phi) is 4.94. The van der Waals surface area contributed by atoms with Crippen LogP contribution in [0, 0.1) is 12.8 Å². The van der Waals surface area contributed by atoms with Crippen LogP contribution in [0.2, 0.25) is 0 Å². The summed E-state index contributed by atoms with van der Waals surface area (Å²) in [6.07, 6.45) is 1.68. The number of rotatable bonds is 4. The van der Waals surface area contributed by atoms with Gasteiger partial charge in [0.1, 0.15) is 10.7 Å². The minimum atomic E-state index is -0.762. The number of hydrogen-bond acceptors (Lipinski definition) is 4. The van der Waals surface area contributed by atoms with E-state index >= 15 is 0 Å². The number of carboxylic acids is 1. The molecule has 1 saturated heterocycles. The number of aliphatic carboxylic acids is 1. The summed E-state index contributed by atoms with van der Waals surface area (Å²) in [4.78, 5) is 29.7. The monoisotopic (exact) mass is 344 g/mol. The van der Waals surface area contributed by atoms with Gasteiger partial charge in [0.05, 0.1) is 0 Å². The van der Waals surface area contributed by atoms with E-state index in [1.807, 2.05) is 36.6 Å². The van der Waals surface area contributed by atoms with E-state index in [9.17, 15) is 9.59 Å². The van der Waals surface area contributed by atoms with E-state index in [2.05, 4.69) is 4.98 Å². The molecule has 2 heterocycles. The number of piperidine rings is 1. The average Bonchev–Trinajstić information content (AvgIpc) is 3.04. The van der Waals surface area contributed by atoms with E-state index < -0.39 is 5.97 Å². The molecule has 24 heavy (non-hydrogen) atoms. The maximum Gasteiger partial charge on any atom is 0.303 e. The standard InChI is InChI=1S/C18H20N2O3S/c1-12-4-2-3-5-14(12)17-19-15(11-24-17)18(23)20-8-6-13(7-9-20)10-16(21)22/h2-5,11,13H,6-10H2,1H3,(H,21,22). The molecular formula is C18H20N2O3S. The fourth-order valence-corrected chi connectivity index (χ4v) is 3.94. The van der Waals surface area contributed by atoms with Gasteiger partial charge in [0.25, 0.3) is 5.91 Å². The Labute approximate surface area is 145 Å². The fourth-order valence-electron chi connectivity index (χ4n) is 3.06. The van der Waals surface area contributed by atoms with Crippen molar-refractivity contribution in [1.29, 1.82) is 0 Å². The second-order valence-electron chi connectivity index (χ2n) is 6.19. The molecule has 0 aliphatic carbocycles. The number of carboxylic acid groups (broad SMARTS) is 1. The Bertz CT molecular complexity index is 748. The molecule has 0 saturated carbocycles. The van der Waals surface area contributed by atoms with E-state index in [-0.39, 0.29) is 18.2 Å². The summed E-state index contributed by atoms with van der Waals surface area (Å²) in [5.74, 6) is -0.647. The summed E-state index contributed by atoms with van der Waals surface area (Å²) >= 11 is 1.48. The molecule has 126 valence electrons. The van der Waals surface area contributed by atoms with Crippen LogP contribution in [0.3, 0.4) is 0 Å². The molecule has 1 N–H and O–H groups in total. The van der Waals surface area contributed by atoms with Crippen LogP contribution in [0.25, 0.3) is 10.6 Å². The summed E-state index contributed by atoms with van der Waals surface area (Å²) < 4.78 is 0. The molecule has 0 atom stereocenters. The van der Waals surface area contributed by atoms with Crippen molar-refractivity contribution in [2.24, 2.45) is 5.92 Å². The third kappa shape index (κ3) is 3.64. The maximum absolute atomic E-state index is 12.6. The number of thiazole rings is 1. The van der Waals surface area contributed by atoms with Crippen molar-refractivity contribution in [2.75, 3.05) is 13.1 Å². The number of benzene rings is 1. The number of aryl methyl sites for hydroxylation is 1. The van der Waals surface area contributed by atoms with Gasteiger partial charge in [0, 0.05) is 30.5 Å². The van der Waals surface area contributed by atoms with Crippen molar-refractivity contribution in [3.8, 4) is 10.6 Å². The number of amides is 1. The minimum Gasteiger partial charge on any atom is -0.481 e. The first-order chi connectivity index (χ1) is 11.5. The Morgan fingerprint density at radius 2 is 2.00 bits per heavy atom. The van der Waals surface area contributed by atoms with Crippen LogP contribution in [0.1, 0.15) is 35.3 Å². The van der Waals surface area contributed by atoms with Crippen LogP contribution < -0.4 is 0 Å². The van der Waals surface area contributed by atoms with Gasteiger partial charge in [0.2, 0.25) is 0 Å². The van der Waals surface area contributed by atoms with Gasteiger partial charge in [-0.3, -0.25) is 9.59 Å². The zero-order valence-corrected chi connectivity index (χ0v) is 14.4. The van der Waals surface area contributed by atoms with Crippen molar-refractivity contribution in [3.63, 3.8) is 0 Å². The lowest BCUT2D eigenvalue weighted by Crippen LogP contribution is -2.39. The molecule has 3 rings (SSSR count). The molecule has 1 aromatic carbocycles. The fraction of sp³-hybridized carbons (Fsp3) is 0.389. The minimum absolute atomic E-state index is 0.0557. The molecule has 1 aliphatic rings. The first kappa shape index (κ1) is 16.6. The number of nitrogens with zero attached hydrogens (tertiary/aromatic N) is 2. The average molecular weight is 344 g/mol. The predicted molar refractivity (Wildman–Crippen MR) is 93.2 cm³/mol. The highest BCUT2D eigenvalue weighted by Crippen LogP contribution is 2.28. The summed E-state index contributed by atoms with van der Waals surface area (Å²) in [6, 6.07) is 8.00. The normalized spacial score (nSPS) is 15.5. The number of aromatic nitrogens is 1. The molecule has 1 fully saturated rings. The number of carbonyl (C=O) groups is 2. The van der Waals surface area contributed by atoms with Gasteiger partial charge in [-0.15, -0.1) is 11.3 Å². The van der Waals surface area contributed by atoms with Crippen molar-refractivity contribution >= 4 is 23.2 Å². The smallest absolute Gasteiger partial charge is 0.303 e. The SMILES string of the molecule is Cc1ccccc1-c1nc(C(=O)N2CCC(CC(=O)O)CC2)cs1. The van der Waals surface area contributed by atoms with Gasteiger partial charge in [-0.1, -0.05) is 24.3 Å². The van der Waals surface area contributed by atoms with E-state index in [0.717, 1.165) is 29.0 Å². The Balaban J connectivity index is 1.67. The largest absolute Gasteiger partial charge is 0.481 e. The Morgan fingerprint density at radius 3 is 2.67 bits per heavy atom. The van der Waals surface area contributed by atoms with Gasteiger partial charge in [-0.05, 0) is 31.2 Å². The molecule has 1 aliphatic heterocycles. The van der Waals surface area contributed by atoms with Crippen LogP contribution in [-0.2, 0) is 4.79 Å². The van der Waals surface area contributed by atoms with Crippen molar-refractivity contribution < 1.29 is 14.7 Å². The van der Waals surface area contributed by atoms with E-state index in [0.29, 0.717) is 18.8 Å². The second kappa shape index (κ2) is 7.13. The van der Waals surface area contributed by atoms with Crippen LogP contribution >= 0.6 is 11.3 Å². The molecule has 2 aromatic rings. The molecule has 0 radical (unpaired) electrons.